The summed E-state index contributed by atoms with van der Waals surface area (Å²) in [6.45, 7) is -5.94. The first-order chi connectivity index (χ1) is 38.8. The number of benzene rings is 2. The van der Waals surface area contributed by atoms with E-state index in [1.165, 1.54) is 0 Å². The highest BCUT2D eigenvalue weighted by molar-refractivity contribution is 5.73. The van der Waals surface area contributed by atoms with E-state index in [2.05, 4.69) is 0 Å². The summed E-state index contributed by atoms with van der Waals surface area (Å²) in [7, 11) is 0. The minimum Gasteiger partial charge on any atom is -0.463 e. The predicted octanol–water partition coefficient (Wildman–Crippen LogP) is -9.59. The van der Waals surface area contributed by atoms with Crippen LogP contribution >= 0.6 is 0 Å². The molecule has 24 rings (SSSR count). The number of hydrogen-bond acceptors (Lipinski definition) is 31. The van der Waals surface area contributed by atoms with Crippen molar-refractivity contribution in [1.29, 1.82) is 0 Å². The summed E-state index contributed by atoms with van der Waals surface area (Å²) >= 11 is 0. The van der Waals surface area contributed by atoms with Crippen molar-refractivity contribution in [2.75, 3.05) is 39.6 Å². The highest BCUT2D eigenvalue weighted by Gasteiger charge is 2.59. The Kier molecular flexibility index (Phi) is 20.8. The molecule has 31 nitrogen and oxygen atoms in total. The molecule has 22 aliphatic heterocycles. The molecule has 81 heavy (non-hydrogen) atoms. The van der Waals surface area contributed by atoms with Crippen LogP contribution in [-0.2, 0) is 72.8 Å². The Morgan fingerprint density at radius 2 is 0.568 bits per heavy atom. The lowest BCUT2D eigenvalue weighted by Gasteiger charge is -2.50. The number of ether oxygens (including phenoxy) is 13. The Morgan fingerprint density at radius 3 is 0.840 bits per heavy atom. The van der Waals surface area contributed by atoms with Crippen molar-refractivity contribution in [1.82, 2.24) is 0 Å². The van der Waals surface area contributed by atoms with Gasteiger partial charge >= 0.3 is 5.97 Å². The van der Waals surface area contributed by atoms with E-state index in [0.717, 1.165) is 11.1 Å². The number of carbonyl (C=O) groups is 1. The third kappa shape index (κ3) is 13.0. The molecule has 22 aliphatic rings. The maximum absolute atomic E-state index is 13.4. The quantitative estimate of drug-likeness (QED) is 0.0982. The van der Waals surface area contributed by atoms with Gasteiger partial charge in [-0.25, -0.2) is 0 Å². The Labute approximate surface area is 459 Å². The highest BCUT2D eigenvalue weighted by atomic mass is 16.8. The largest absolute Gasteiger partial charge is 0.463 e. The van der Waals surface area contributed by atoms with Gasteiger partial charge in [-0.2, -0.15) is 0 Å². The van der Waals surface area contributed by atoms with E-state index in [9.17, 15) is 91.6 Å². The monoisotopic (exact) mass is 1170 g/mol. The normalized spacial score (nSPS) is 47.1. The summed E-state index contributed by atoms with van der Waals surface area (Å²) in [5.41, 5.74) is 2.29. The molecule has 0 amide bonds. The maximum atomic E-state index is 13.4. The van der Waals surface area contributed by atoms with Crippen molar-refractivity contribution in [2.45, 2.75) is 191 Å². The van der Waals surface area contributed by atoms with Crippen molar-refractivity contribution in [3.8, 4) is 11.1 Å². The summed E-state index contributed by atoms with van der Waals surface area (Å²) in [6, 6.07) is 16.3. The van der Waals surface area contributed by atoms with Gasteiger partial charge in [0, 0.05) is 0 Å². The lowest BCUT2D eigenvalue weighted by molar-refractivity contribution is -0.404. The van der Waals surface area contributed by atoms with Crippen LogP contribution in [0.1, 0.15) is 5.56 Å². The summed E-state index contributed by atoms with van der Waals surface area (Å²) in [5.74, 6) is -0.847. The molecule has 0 aromatic heterocycles. The first kappa shape index (κ1) is 62.3. The number of esters is 1. The van der Waals surface area contributed by atoms with E-state index in [0.29, 0.717) is 5.56 Å². The third-order valence-electron chi connectivity index (χ3n) is 15.3. The van der Waals surface area contributed by atoms with Crippen LogP contribution in [0.2, 0.25) is 0 Å². The van der Waals surface area contributed by atoms with Crippen LogP contribution in [0, 0.1) is 0 Å². The molecule has 22 fully saturated rings. The van der Waals surface area contributed by atoms with Crippen LogP contribution in [0.4, 0.5) is 0 Å². The van der Waals surface area contributed by atoms with E-state index in [1.807, 2.05) is 30.3 Å². The lowest BCUT2D eigenvalue weighted by atomic mass is 9.94. The van der Waals surface area contributed by atoms with Crippen LogP contribution < -0.4 is 0 Å². The van der Waals surface area contributed by atoms with Crippen molar-refractivity contribution >= 4 is 5.97 Å². The van der Waals surface area contributed by atoms with Gasteiger partial charge in [0.2, 0.25) is 0 Å². The Balaban J connectivity index is 1.00. The Bertz CT molecular complexity index is 2280. The number of aliphatic hydroxyl groups is 17. The fourth-order valence-corrected chi connectivity index (χ4v) is 10.8. The number of carbonyl (C=O) groups excluding carboxylic acids is 1. The molecule has 2 aromatic carbocycles. The van der Waals surface area contributed by atoms with E-state index < -0.39 is 230 Å². The van der Waals surface area contributed by atoms with Crippen LogP contribution in [0.3, 0.4) is 0 Å². The zero-order valence-corrected chi connectivity index (χ0v) is 42.8. The first-order valence-corrected chi connectivity index (χ1v) is 26.2. The first-order valence-electron chi connectivity index (χ1n) is 26.2. The van der Waals surface area contributed by atoms with Crippen LogP contribution in [0.15, 0.2) is 54.6 Å². The van der Waals surface area contributed by atoms with E-state index in [4.69, 9.17) is 61.6 Å². The van der Waals surface area contributed by atoms with Crippen LogP contribution in [0.5, 0.6) is 0 Å². The van der Waals surface area contributed by atoms with Gasteiger partial charge in [-0.1, -0.05) is 54.6 Å². The molecule has 0 saturated carbocycles. The second kappa shape index (κ2) is 27.0. The average molecular weight is 1170 g/mol. The summed E-state index contributed by atoms with van der Waals surface area (Å²) < 4.78 is 75.1. The molecule has 0 unspecified atom stereocenters. The lowest BCUT2D eigenvalue weighted by Crippen LogP contribution is -2.69. The average Bonchev–Trinajstić information content (AvgIpc) is 3.67. The molecular formula is C50H70O31. The molecular weight excluding hydrogens is 1100 g/mol. The predicted molar refractivity (Wildman–Crippen MR) is 255 cm³/mol. The fourth-order valence-electron chi connectivity index (χ4n) is 10.8. The number of aliphatic hydroxyl groups excluding tert-OH is 17. The Morgan fingerprint density at radius 1 is 0.321 bits per heavy atom. The summed E-state index contributed by atoms with van der Waals surface area (Å²) in [4.78, 5) is 13.4. The highest BCUT2D eigenvalue weighted by Crippen LogP contribution is 2.38. The van der Waals surface area contributed by atoms with Gasteiger partial charge in [0.05, 0.1) is 39.5 Å². The van der Waals surface area contributed by atoms with Crippen LogP contribution in [0.25, 0.3) is 11.1 Å². The van der Waals surface area contributed by atoms with Crippen LogP contribution in [-0.4, -0.2) is 317 Å². The maximum Gasteiger partial charge on any atom is 0.310 e. The molecule has 22 heterocycles. The van der Waals surface area contributed by atoms with Gasteiger partial charge in [0.25, 0.3) is 0 Å². The summed E-state index contributed by atoms with van der Waals surface area (Å²) in [6.07, 6.45) is -60.2. The minimum absolute atomic E-state index is 0.299. The van der Waals surface area contributed by atoms with Gasteiger partial charge in [-0.15, -0.1) is 0 Å². The Hall–Kier alpha value is -3.25. The molecule has 2 aromatic rings. The SMILES string of the molecule is O=C(Cc1ccc(-c2ccccc2)cc1)OC[C@@H]1O[C@@H]2O[C@H]3[C@H](O)[C@H](O)[C@@H](O[C@H]4[C@H](O)[C@H](O)[C@@H](O[C@H]5[C@H](O)[C@H](O)[C@@H](O[C@H]6[C@H](O)[C@H](O)[C@H](O[C@H]7[C@H](O)[C@H](O)[C@@H](O[C@H]1[C@H](O)[C@@H]2O)O[C@H]7CO)O[C@H]6CO)O[C@H]5CO)O[C@H]4CO)O[C@H]3CO. The second-order valence-electron chi connectivity index (χ2n) is 20.6. The van der Waals surface area contributed by atoms with Crippen molar-refractivity contribution in [3.05, 3.63) is 60.2 Å². The second-order valence-corrected chi connectivity index (χ2v) is 20.6. The number of rotatable bonds is 10. The van der Waals surface area contributed by atoms with Gasteiger partial charge in [0.1, 0.15) is 153 Å². The smallest absolute Gasteiger partial charge is 0.310 e. The third-order valence-corrected chi connectivity index (χ3v) is 15.3. The number of hydrogen-bond donors (Lipinski definition) is 17. The van der Waals surface area contributed by atoms with Crippen molar-refractivity contribution < 1.29 is 153 Å². The molecule has 456 valence electrons. The zero-order chi connectivity index (χ0) is 58.1. The van der Waals surface area contributed by atoms with E-state index in [-0.39, 0.29) is 6.42 Å². The van der Waals surface area contributed by atoms with Gasteiger partial charge in [0.15, 0.2) is 37.7 Å². The topological polar surface area (TPSA) is 481 Å². The van der Waals surface area contributed by atoms with Gasteiger partial charge in [-0.3, -0.25) is 4.79 Å². The molecule has 30 atom stereocenters. The van der Waals surface area contributed by atoms with Gasteiger partial charge in [-0.05, 0) is 16.7 Å². The van der Waals surface area contributed by atoms with E-state index >= 15 is 0 Å². The molecule has 12 bridgehead atoms. The molecule has 0 radical (unpaired) electrons. The zero-order valence-electron chi connectivity index (χ0n) is 42.8. The molecule has 31 heteroatoms. The van der Waals surface area contributed by atoms with Crippen molar-refractivity contribution in [3.63, 3.8) is 0 Å². The standard InChI is InChI=1S/C50H70O31/c51-11-20-39-27(57)33(63)45(70-20)77-40-21(12-52)72-47(35(65)29(40)59)79-42-23(14-54)74-49(37(67)31(42)61)81-44-25(16-69-26(56)10-17-6-8-19(9-7-17)18-4-2-1-3-5-18)75-50(38(68)32(44)62)80-43-24(15-55)73-48(36(66)30(43)60)78-41-22(13-53)71-46(76-39)34(64)28(41)58/h1-9,20-25,27-55,57-68H,10-16H2/t20-,21-,22-,23-,24-,25-,27+,28+,29+,30+,31+,32+,33-,34-,35-,36-,37-,38-,39+,40+,41+,42+,43+,44+,45+,46+,47-,48+,49+,50+/m0/s1. The van der Waals surface area contributed by atoms with Gasteiger partial charge < -0.3 is 148 Å². The minimum atomic E-state index is -2.22. The molecule has 17 N–H and O–H groups in total. The summed E-state index contributed by atoms with van der Waals surface area (Å²) in [5, 5.41) is 190. The molecule has 22 saturated heterocycles. The molecule has 0 aliphatic carbocycles. The fraction of sp³-hybridized carbons (Fsp3) is 0.740. The van der Waals surface area contributed by atoms with E-state index in [1.54, 1.807) is 24.3 Å². The van der Waals surface area contributed by atoms with Crippen molar-refractivity contribution in [2.24, 2.45) is 0 Å². The molecule has 0 spiro atoms.